The first kappa shape index (κ1) is 21.3. The van der Waals surface area contributed by atoms with Crippen molar-refractivity contribution in [3.63, 3.8) is 0 Å². The number of benzene rings is 1. The van der Waals surface area contributed by atoms with Gasteiger partial charge in [-0.15, -0.1) is 0 Å². The summed E-state index contributed by atoms with van der Waals surface area (Å²) in [4.78, 5) is 24.8. The summed E-state index contributed by atoms with van der Waals surface area (Å²) in [5.41, 5.74) is 0.821. The molecule has 29 heavy (non-hydrogen) atoms. The number of amides is 2. The van der Waals surface area contributed by atoms with E-state index in [1.807, 2.05) is 0 Å². The molecule has 10 nitrogen and oxygen atoms in total. The van der Waals surface area contributed by atoms with Gasteiger partial charge in [-0.1, -0.05) is 0 Å². The zero-order chi connectivity index (χ0) is 20.5. The maximum atomic E-state index is 12.2. The average Bonchev–Trinajstić information content (AvgIpc) is 3.27. The first-order valence-corrected chi connectivity index (χ1v) is 10.0. The quantitative estimate of drug-likeness (QED) is 0.318. The number of carbonyl (C=O) groups is 1. The lowest BCUT2D eigenvalue weighted by Crippen LogP contribution is -2.53. The summed E-state index contributed by atoms with van der Waals surface area (Å²) in [6.07, 6.45) is 1.02. The molecular weight excluding hydrogens is 378 g/mol. The van der Waals surface area contributed by atoms with Gasteiger partial charge in [-0.05, 0) is 18.6 Å². The van der Waals surface area contributed by atoms with Gasteiger partial charge >= 0.3 is 6.03 Å². The lowest BCUT2D eigenvalue weighted by molar-refractivity contribution is -0.384. The van der Waals surface area contributed by atoms with Crippen LogP contribution >= 0.6 is 0 Å². The summed E-state index contributed by atoms with van der Waals surface area (Å²) in [6.45, 7) is 6.28. The molecule has 2 saturated heterocycles. The number of nitro groups is 1. The normalized spacial score (nSPS) is 20.8. The number of non-ortho nitro benzene ring substituents is 1. The van der Waals surface area contributed by atoms with Crippen LogP contribution < -0.4 is 16.0 Å². The summed E-state index contributed by atoms with van der Waals surface area (Å²) in [6, 6.07) is 6.24. The first-order valence-electron chi connectivity index (χ1n) is 10.0. The Bertz CT molecular complexity index is 659. The standard InChI is InChI=1S/C19H29N5O5/c25-19(21-7-6-20-16-1-3-17(4-2-16)24(26)27)22-13-18(15-5-10-29-14-15)23-8-11-28-12-9-23/h1-4,15,18,20H,5-14H2,(H2,21,22,25)/t15-,18-/m1/s1. The molecule has 0 spiro atoms. The topological polar surface area (TPSA) is 118 Å². The molecule has 1 aromatic carbocycles. The highest BCUT2D eigenvalue weighted by atomic mass is 16.6. The molecule has 1 aromatic rings. The molecule has 0 aliphatic carbocycles. The number of nitrogens with zero attached hydrogens (tertiary/aromatic N) is 2. The van der Waals surface area contributed by atoms with Gasteiger partial charge in [0.15, 0.2) is 0 Å². The predicted octanol–water partition coefficient (Wildman–Crippen LogP) is 1.04. The molecule has 0 unspecified atom stereocenters. The molecule has 2 atom stereocenters. The summed E-state index contributed by atoms with van der Waals surface area (Å²) in [5, 5.41) is 19.6. The van der Waals surface area contributed by atoms with Crippen LogP contribution in [-0.4, -0.2) is 81.0 Å². The summed E-state index contributed by atoms with van der Waals surface area (Å²) in [5.74, 6) is 0.428. The van der Waals surface area contributed by atoms with Crippen molar-refractivity contribution >= 4 is 17.4 Å². The van der Waals surface area contributed by atoms with Crippen LogP contribution in [0, 0.1) is 16.0 Å². The molecule has 160 valence electrons. The molecule has 0 bridgehead atoms. The Labute approximate surface area is 170 Å². The zero-order valence-corrected chi connectivity index (χ0v) is 16.5. The van der Waals surface area contributed by atoms with Crippen molar-refractivity contribution in [2.45, 2.75) is 12.5 Å². The van der Waals surface area contributed by atoms with Gasteiger partial charge in [0, 0.05) is 69.1 Å². The Balaban J connectivity index is 1.37. The molecule has 2 aliphatic rings. The van der Waals surface area contributed by atoms with Gasteiger partial charge in [-0.3, -0.25) is 15.0 Å². The van der Waals surface area contributed by atoms with Crippen molar-refractivity contribution in [3.8, 4) is 0 Å². The molecule has 2 aliphatic heterocycles. The molecular formula is C19H29N5O5. The van der Waals surface area contributed by atoms with Crippen molar-refractivity contribution in [2.24, 2.45) is 5.92 Å². The number of nitro benzene ring substituents is 1. The van der Waals surface area contributed by atoms with E-state index >= 15 is 0 Å². The number of hydrogen-bond donors (Lipinski definition) is 3. The number of nitrogens with one attached hydrogen (secondary N) is 3. The third kappa shape index (κ3) is 6.55. The monoisotopic (exact) mass is 407 g/mol. The fraction of sp³-hybridized carbons (Fsp3) is 0.632. The highest BCUT2D eigenvalue weighted by Gasteiger charge is 2.31. The maximum absolute atomic E-state index is 12.2. The Hall–Kier alpha value is -2.43. The van der Waals surface area contributed by atoms with Crippen molar-refractivity contribution in [3.05, 3.63) is 34.4 Å². The molecule has 0 radical (unpaired) electrons. The lowest BCUT2D eigenvalue weighted by Gasteiger charge is -2.37. The Kier molecular flexibility index (Phi) is 8.03. The van der Waals surface area contributed by atoms with Crippen molar-refractivity contribution in [1.29, 1.82) is 0 Å². The second-order valence-corrected chi connectivity index (χ2v) is 7.21. The number of anilines is 1. The fourth-order valence-corrected chi connectivity index (χ4v) is 3.70. The smallest absolute Gasteiger partial charge is 0.314 e. The molecule has 0 aromatic heterocycles. The summed E-state index contributed by atoms with van der Waals surface area (Å²) < 4.78 is 11.0. The minimum atomic E-state index is -0.433. The van der Waals surface area contributed by atoms with E-state index in [-0.39, 0.29) is 17.8 Å². The van der Waals surface area contributed by atoms with Crippen LogP contribution in [0.2, 0.25) is 0 Å². The SMILES string of the molecule is O=C(NCCNc1ccc([N+](=O)[O-])cc1)NC[C@H]([C@@H]1CCOC1)N1CCOCC1. The minimum Gasteiger partial charge on any atom is -0.383 e. The van der Waals surface area contributed by atoms with Crippen molar-refractivity contribution < 1.29 is 19.2 Å². The average molecular weight is 407 g/mol. The second kappa shape index (κ2) is 10.9. The zero-order valence-electron chi connectivity index (χ0n) is 16.5. The predicted molar refractivity (Wildman–Crippen MR) is 108 cm³/mol. The van der Waals surface area contributed by atoms with E-state index in [2.05, 4.69) is 20.9 Å². The van der Waals surface area contributed by atoms with Crippen molar-refractivity contribution in [2.75, 3.05) is 64.5 Å². The first-order chi connectivity index (χ1) is 14.1. The molecule has 3 rings (SSSR count). The number of rotatable bonds is 9. The van der Waals surface area contributed by atoms with Crippen molar-refractivity contribution in [1.82, 2.24) is 15.5 Å². The lowest BCUT2D eigenvalue weighted by atomic mass is 9.97. The number of carbonyl (C=O) groups excluding carboxylic acids is 1. The van der Waals surface area contributed by atoms with Crippen LogP contribution in [0.15, 0.2) is 24.3 Å². The van der Waals surface area contributed by atoms with Crippen LogP contribution in [0.3, 0.4) is 0 Å². The molecule has 2 fully saturated rings. The number of urea groups is 1. The van der Waals surface area contributed by atoms with Gasteiger partial charge in [-0.25, -0.2) is 4.79 Å². The molecule has 2 amide bonds. The number of hydrogen-bond acceptors (Lipinski definition) is 7. The second-order valence-electron chi connectivity index (χ2n) is 7.21. The Morgan fingerprint density at radius 2 is 1.90 bits per heavy atom. The summed E-state index contributed by atoms with van der Waals surface area (Å²) >= 11 is 0. The van der Waals surface area contributed by atoms with Gasteiger partial charge in [-0.2, -0.15) is 0 Å². The Morgan fingerprint density at radius 1 is 1.14 bits per heavy atom. The van der Waals surface area contributed by atoms with E-state index in [1.165, 1.54) is 12.1 Å². The van der Waals surface area contributed by atoms with Crippen LogP contribution in [0.5, 0.6) is 0 Å². The van der Waals surface area contributed by atoms with Gasteiger partial charge in [0.05, 0.1) is 24.7 Å². The van der Waals surface area contributed by atoms with E-state index in [9.17, 15) is 14.9 Å². The van der Waals surface area contributed by atoms with E-state index < -0.39 is 4.92 Å². The molecule has 0 saturated carbocycles. The summed E-state index contributed by atoms with van der Waals surface area (Å²) in [7, 11) is 0. The van der Waals surface area contributed by atoms with Gasteiger partial charge in [0.25, 0.3) is 5.69 Å². The fourth-order valence-electron chi connectivity index (χ4n) is 3.70. The highest BCUT2D eigenvalue weighted by Crippen LogP contribution is 2.21. The van der Waals surface area contributed by atoms with Crippen LogP contribution in [0.4, 0.5) is 16.2 Å². The third-order valence-corrected chi connectivity index (χ3v) is 5.31. The van der Waals surface area contributed by atoms with Gasteiger partial charge in [0.1, 0.15) is 0 Å². The molecule has 3 N–H and O–H groups in total. The maximum Gasteiger partial charge on any atom is 0.314 e. The molecule has 2 heterocycles. The van der Waals surface area contributed by atoms with Gasteiger partial charge in [0.2, 0.25) is 0 Å². The van der Waals surface area contributed by atoms with Crippen LogP contribution in [0.1, 0.15) is 6.42 Å². The molecule has 10 heteroatoms. The van der Waals surface area contributed by atoms with Crippen LogP contribution in [-0.2, 0) is 9.47 Å². The minimum absolute atomic E-state index is 0.0514. The Morgan fingerprint density at radius 3 is 2.55 bits per heavy atom. The third-order valence-electron chi connectivity index (χ3n) is 5.31. The van der Waals surface area contributed by atoms with E-state index in [4.69, 9.17) is 9.47 Å². The van der Waals surface area contributed by atoms with Crippen LogP contribution in [0.25, 0.3) is 0 Å². The largest absolute Gasteiger partial charge is 0.383 e. The van der Waals surface area contributed by atoms with Gasteiger partial charge < -0.3 is 25.4 Å². The highest BCUT2D eigenvalue weighted by molar-refractivity contribution is 5.73. The number of morpholine rings is 1. The van der Waals surface area contributed by atoms with E-state index in [0.717, 1.165) is 51.6 Å². The number of ether oxygens (including phenoxy) is 2. The van der Waals surface area contributed by atoms with E-state index in [0.29, 0.717) is 25.6 Å². The van der Waals surface area contributed by atoms with E-state index in [1.54, 1.807) is 12.1 Å².